The molecule has 0 aliphatic carbocycles. The predicted octanol–water partition coefficient (Wildman–Crippen LogP) is 2.86. The van der Waals surface area contributed by atoms with Crippen LogP contribution in [0.3, 0.4) is 0 Å². The summed E-state index contributed by atoms with van der Waals surface area (Å²) in [4.78, 5) is 13.8. The monoisotopic (exact) mass is 284 g/mol. The van der Waals surface area contributed by atoms with E-state index in [4.69, 9.17) is 10.5 Å². The van der Waals surface area contributed by atoms with E-state index in [9.17, 15) is 4.79 Å². The van der Waals surface area contributed by atoms with E-state index in [-0.39, 0.29) is 18.5 Å². The van der Waals surface area contributed by atoms with Crippen molar-refractivity contribution >= 4 is 24.2 Å². The first kappa shape index (κ1) is 15.8. The molecule has 0 saturated carbocycles. The second-order valence-electron chi connectivity index (χ2n) is 5.55. The van der Waals surface area contributed by atoms with Gasteiger partial charge in [0, 0.05) is 13.1 Å². The third-order valence-corrected chi connectivity index (χ3v) is 2.89. The lowest BCUT2D eigenvalue weighted by Crippen LogP contribution is -2.35. The van der Waals surface area contributed by atoms with Gasteiger partial charge in [0.25, 0.3) is 0 Å². The first-order valence-corrected chi connectivity index (χ1v) is 6.23. The van der Waals surface area contributed by atoms with Crippen LogP contribution >= 0.6 is 12.4 Å². The number of amides is 1. The summed E-state index contributed by atoms with van der Waals surface area (Å²) in [6.45, 7) is 6.78. The molecule has 1 amide bonds. The van der Waals surface area contributed by atoms with Crippen LogP contribution in [0.25, 0.3) is 0 Å². The minimum atomic E-state index is -0.467. The Balaban J connectivity index is 0.00000180. The molecular weight excluding hydrogens is 264 g/mol. The molecule has 2 N–H and O–H groups in total. The molecule has 1 aromatic carbocycles. The van der Waals surface area contributed by atoms with Crippen molar-refractivity contribution < 1.29 is 9.53 Å². The molecule has 0 fully saturated rings. The third-order valence-electron chi connectivity index (χ3n) is 2.89. The van der Waals surface area contributed by atoms with E-state index in [0.717, 1.165) is 17.7 Å². The highest BCUT2D eigenvalue weighted by atomic mass is 35.5. The average molecular weight is 285 g/mol. The van der Waals surface area contributed by atoms with Crippen molar-refractivity contribution in [3.63, 3.8) is 0 Å². The number of halogens is 1. The first-order chi connectivity index (χ1) is 8.40. The Morgan fingerprint density at radius 3 is 2.68 bits per heavy atom. The highest BCUT2D eigenvalue weighted by Gasteiger charge is 2.28. The van der Waals surface area contributed by atoms with Crippen LogP contribution in [0.2, 0.25) is 0 Å². The average Bonchev–Trinajstić information content (AvgIpc) is 2.69. The van der Waals surface area contributed by atoms with Crippen LogP contribution in [0.15, 0.2) is 18.2 Å². The van der Waals surface area contributed by atoms with E-state index < -0.39 is 5.60 Å². The lowest BCUT2D eigenvalue weighted by Gasteiger charge is -2.25. The molecule has 2 rings (SSSR count). The molecule has 5 heteroatoms. The van der Waals surface area contributed by atoms with Crippen molar-refractivity contribution in [2.75, 3.05) is 11.4 Å². The van der Waals surface area contributed by atoms with Crippen molar-refractivity contribution in [3.8, 4) is 0 Å². The second kappa shape index (κ2) is 5.80. The number of nitrogens with two attached hydrogens (primary N) is 1. The molecule has 1 aromatic rings. The summed E-state index contributed by atoms with van der Waals surface area (Å²) in [6, 6.07) is 6.03. The minimum absolute atomic E-state index is 0. The first-order valence-electron chi connectivity index (χ1n) is 6.23. The number of fused-ring (bicyclic) bond motifs is 1. The Labute approximate surface area is 120 Å². The molecule has 4 nitrogen and oxygen atoms in total. The van der Waals surface area contributed by atoms with Gasteiger partial charge >= 0.3 is 6.09 Å². The Morgan fingerprint density at radius 2 is 2.11 bits per heavy atom. The van der Waals surface area contributed by atoms with Gasteiger partial charge < -0.3 is 10.5 Å². The van der Waals surface area contributed by atoms with Gasteiger partial charge in [-0.1, -0.05) is 12.1 Å². The maximum Gasteiger partial charge on any atom is 0.414 e. The van der Waals surface area contributed by atoms with Crippen molar-refractivity contribution in [2.45, 2.75) is 39.3 Å². The molecule has 0 saturated heterocycles. The summed E-state index contributed by atoms with van der Waals surface area (Å²) in [5.41, 5.74) is 8.31. The van der Waals surface area contributed by atoms with Gasteiger partial charge in [0.05, 0.1) is 5.69 Å². The standard InChI is InChI=1S/C14H20N2O2.ClH/c1-14(2,3)18-13(17)16-7-6-11-5-4-10(9-15)8-12(11)16;/h4-5,8H,6-7,9,15H2,1-3H3;1H. The number of anilines is 1. The maximum absolute atomic E-state index is 12.1. The zero-order valence-corrected chi connectivity index (χ0v) is 12.4. The summed E-state index contributed by atoms with van der Waals surface area (Å²) < 4.78 is 5.41. The number of hydrogen-bond donors (Lipinski definition) is 1. The second-order valence-corrected chi connectivity index (χ2v) is 5.55. The van der Waals surface area contributed by atoms with Gasteiger partial charge in [-0.15, -0.1) is 12.4 Å². The Kier molecular flexibility index (Phi) is 4.82. The van der Waals surface area contributed by atoms with Gasteiger partial charge in [-0.2, -0.15) is 0 Å². The fourth-order valence-corrected chi connectivity index (χ4v) is 2.06. The summed E-state index contributed by atoms with van der Waals surface area (Å²) in [7, 11) is 0. The van der Waals surface area contributed by atoms with Crippen molar-refractivity contribution in [1.82, 2.24) is 0 Å². The molecule has 0 spiro atoms. The number of benzene rings is 1. The van der Waals surface area contributed by atoms with Crippen LogP contribution in [-0.2, 0) is 17.7 Å². The van der Waals surface area contributed by atoms with Crippen LogP contribution in [0, 0.1) is 0 Å². The zero-order chi connectivity index (χ0) is 13.3. The lowest BCUT2D eigenvalue weighted by atomic mass is 10.1. The molecule has 19 heavy (non-hydrogen) atoms. The molecule has 106 valence electrons. The summed E-state index contributed by atoms with van der Waals surface area (Å²) in [6.07, 6.45) is 0.592. The molecule has 0 atom stereocenters. The van der Waals surface area contributed by atoms with Crippen molar-refractivity contribution in [1.29, 1.82) is 0 Å². The normalized spacial score (nSPS) is 13.8. The predicted molar refractivity (Wildman–Crippen MR) is 78.9 cm³/mol. The molecule has 0 unspecified atom stereocenters. The molecule has 1 aliphatic rings. The number of carbonyl (C=O) groups is 1. The third kappa shape index (κ3) is 3.61. The Bertz CT molecular complexity index is 469. The SMILES string of the molecule is CC(C)(C)OC(=O)N1CCc2ccc(CN)cc21.Cl. The number of rotatable bonds is 1. The van der Waals surface area contributed by atoms with Gasteiger partial charge in [-0.3, -0.25) is 4.90 Å². The Morgan fingerprint density at radius 1 is 1.42 bits per heavy atom. The molecular formula is C14H21ClN2O2. The zero-order valence-electron chi connectivity index (χ0n) is 11.6. The van der Waals surface area contributed by atoms with E-state index >= 15 is 0 Å². The van der Waals surface area contributed by atoms with Gasteiger partial charge in [-0.25, -0.2) is 4.79 Å². The van der Waals surface area contributed by atoms with E-state index in [1.54, 1.807) is 4.90 Å². The fraction of sp³-hybridized carbons (Fsp3) is 0.500. The Hall–Kier alpha value is -1.26. The van der Waals surface area contributed by atoms with Crippen LogP contribution in [0.1, 0.15) is 31.9 Å². The van der Waals surface area contributed by atoms with Gasteiger partial charge in [0.15, 0.2) is 0 Å². The van der Waals surface area contributed by atoms with Crippen molar-refractivity contribution in [2.24, 2.45) is 5.73 Å². The van der Waals surface area contributed by atoms with E-state index in [2.05, 4.69) is 0 Å². The van der Waals surface area contributed by atoms with E-state index in [0.29, 0.717) is 13.1 Å². The molecule has 1 heterocycles. The van der Waals surface area contributed by atoms with Crippen LogP contribution < -0.4 is 10.6 Å². The van der Waals surface area contributed by atoms with Gasteiger partial charge in [-0.05, 0) is 44.4 Å². The van der Waals surface area contributed by atoms with Gasteiger partial charge in [0.1, 0.15) is 5.60 Å². The van der Waals surface area contributed by atoms with Crippen LogP contribution in [-0.4, -0.2) is 18.2 Å². The fourth-order valence-electron chi connectivity index (χ4n) is 2.06. The quantitative estimate of drug-likeness (QED) is 0.863. The number of ether oxygens (including phenoxy) is 1. The largest absolute Gasteiger partial charge is 0.443 e. The molecule has 0 radical (unpaired) electrons. The molecule has 0 bridgehead atoms. The smallest absolute Gasteiger partial charge is 0.414 e. The highest BCUT2D eigenvalue weighted by molar-refractivity contribution is 5.90. The van der Waals surface area contributed by atoms with E-state index in [1.165, 1.54) is 5.56 Å². The van der Waals surface area contributed by atoms with E-state index in [1.807, 2.05) is 39.0 Å². The topological polar surface area (TPSA) is 55.6 Å². The van der Waals surface area contributed by atoms with Gasteiger partial charge in [0.2, 0.25) is 0 Å². The summed E-state index contributed by atoms with van der Waals surface area (Å²) in [5.74, 6) is 0. The molecule has 0 aromatic heterocycles. The van der Waals surface area contributed by atoms with Crippen molar-refractivity contribution in [3.05, 3.63) is 29.3 Å². The summed E-state index contributed by atoms with van der Waals surface area (Å²) >= 11 is 0. The maximum atomic E-state index is 12.1. The highest BCUT2D eigenvalue weighted by Crippen LogP contribution is 2.30. The van der Waals surface area contributed by atoms with Crippen LogP contribution in [0.4, 0.5) is 10.5 Å². The summed E-state index contributed by atoms with van der Waals surface area (Å²) in [5, 5.41) is 0. The number of nitrogens with zero attached hydrogens (tertiary/aromatic N) is 1. The molecule has 1 aliphatic heterocycles. The van der Waals surface area contributed by atoms with Crippen LogP contribution in [0.5, 0.6) is 0 Å². The minimum Gasteiger partial charge on any atom is -0.443 e. The number of carbonyl (C=O) groups excluding carboxylic acids is 1. The number of hydrogen-bond acceptors (Lipinski definition) is 3. The lowest BCUT2D eigenvalue weighted by molar-refractivity contribution is 0.0584.